The summed E-state index contributed by atoms with van der Waals surface area (Å²) in [6, 6.07) is 11.8. The van der Waals surface area contributed by atoms with E-state index in [0.29, 0.717) is 13.0 Å². The maximum absolute atomic E-state index is 11.8. The standard InChI is InChI=1S/C20H24O3/c1-5-23-17-8-6-16(7-9-17)12-18(20(21)22)19-14(3)10-13(2)11-15(19)4/h6-11,18H,5,12H2,1-4H3,(H,21,22). The number of carbonyl (C=O) groups is 1. The zero-order valence-electron chi connectivity index (χ0n) is 14.2. The van der Waals surface area contributed by atoms with E-state index in [1.54, 1.807) is 0 Å². The van der Waals surface area contributed by atoms with Crippen LogP contribution in [0.3, 0.4) is 0 Å². The molecule has 1 N–H and O–H groups in total. The van der Waals surface area contributed by atoms with Gasteiger partial charge in [0.05, 0.1) is 12.5 Å². The van der Waals surface area contributed by atoms with Gasteiger partial charge in [-0.2, -0.15) is 0 Å². The third kappa shape index (κ3) is 4.13. The molecule has 2 rings (SSSR count). The number of rotatable bonds is 6. The van der Waals surface area contributed by atoms with Crippen LogP contribution in [0.1, 0.15) is 40.7 Å². The van der Waals surface area contributed by atoms with E-state index in [0.717, 1.165) is 33.6 Å². The van der Waals surface area contributed by atoms with Crippen LogP contribution in [-0.2, 0) is 11.2 Å². The van der Waals surface area contributed by atoms with Crippen molar-refractivity contribution >= 4 is 5.97 Å². The summed E-state index contributed by atoms with van der Waals surface area (Å²) < 4.78 is 5.43. The third-order valence-corrected chi connectivity index (χ3v) is 4.06. The summed E-state index contributed by atoms with van der Waals surface area (Å²) in [5.41, 5.74) is 5.17. The number of benzene rings is 2. The van der Waals surface area contributed by atoms with Gasteiger partial charge in [-0.05, 0) is 68.5 Å². The summed E-state index contributed by atoms with van der Waals surface area (Å²) in [5.74, 6) is -0.506. The molecule has 122 valence electrons. The average Bonchev–Trinajstić information content (AvgIpc) is 2.47. The molecule has 3 heteroatoms. The van der Waals surface area contributed by atoms with E-state index < -0.39 is 11.9 Å². The molecular weight excluding hydrogens is 288 g/mol. The molecule has 0 aliphatic heterocycles. The van der Waals surface area contributed by atoms with Crippen molar-refractivity contribution in [2.24, 2.45) is 0 Å². The molecule has 2 aromatic carbocycles. The molecule has 0 aliphatic carbocycles. The lowest BCUT2D eigenvalue weighted by Gasteiger charge is -2.19. The minimum Gasteiger partial charge on any atom is -0.494 e. The SMILES string of the molecule is CCOc1ccc(CC(C(=O)O)c2c(C)cc(C)cc2C)cc1. The quantitative estimate of drug-likeness (QED) is 0.858. The predicted octanol–water partition coefficient (Wildman–Crippen LogP) is 4.42. The zero-order chi connectivity index (χ0) is 17.0. The Bertz CT molecular complexity index is 664. The second-order valence-corrected chi connectivity index (χ2v) is 5.98. The Kier molecular flexibility index (Phi) is 5.43. The highest BCUT2D eigenvalue weighted by Crippen LogP contribution is 2.29. The maximum Gasteiger partial charge on any atom is 0.311 e. The van der Waals surface area contributed by atoms with Crippen molar-refractivity contribution in [2.75, 3.05) is 6.61 Å². The normalized spacial score (nSPS) is 12.0. The van der Waals surface area contributed by atoms with Gasteiger partial charge in [0.2, 0.25) is 0 Å². The topological polar surface area (TPSA) is 46.5 Å². The summed E-state index contributed by atoms with van der Waals surface area (Å²) in [6.07, 6.45) is 0.479. The molecule has 0 radical (unpaired) electrons. The summed E-state index contributed by atoms with van der Waals surface area (Å²) >= 11 is 0. The molecule has 3 nitrogen and oxygen atoms in total. The molecule has 0 saturated carbocycles. The van der Waals surface area contributed by atoms with E-state index in [-0.39, 0.29) is 0 Å². The number of carboxylic acids is 1. The Balaban J connectivity index is 2.31. The van der Waals surface area contributed by atoms with Gasteiger partial charge in [0.15, 0.2) is 0 Å². The molecule has 0 heterocycles. The Morgan fingerprint density at radius 2 is 1.65 bits per heavy atom. The Morgan fingerprint density at radius 1 is 1.09 bits per heavy atom. The smallest absolute Gasteiger partial charge is 0.311 e. The molecule has 0 saturated heterocycles. The molecule has 0 aliphatic rings. The second-order valence-electron chi connectivity index (χ2n) is 5.98. The Morgan fingerprint density at radius 3 is 2.13 bits per heavy atom. The van der Waals surface area contributed by atoms with Gasteiger partial charge in [-0.15, -0.1) is 0 Å². The minimum absolute atomic E-state index is 0.479. The molecule has 0 bridgehead atoms. The van der Waals surface area contributed by atoms with Crippen LogP contribution in [0.25, 0.3) is 0 Å². The fraction of sp³-hybridized carbons (Fsp3) is 0.350. The van der Waals surface area contributed by atoms with Crippen LogP contribution < -0.4 is 4.74 Å². The number of hydrogen-bond acceptors (Lipinski definition) is 2. The van der Waals surface area contributed by atoms with Crippen molar-refractivity contribution in [2.45, 2.75) is 40.0 Å². The first kappa shape index (κ1) is 17.1. The number of hydrogen-bond donors (Lipinski definition) is 1. The predicted molar refractivity (Wildman–Crippen MR) is 92.3 cm³/mol. The number of ether oxygens (including phenoxy) is 1. The summed E-state index contributed by atoms with van der Waals surface area (Å²) in [6.45, 7) is 8.58. The largest absolute Gasteiger partial charge is 0.494 e. The van der Waals surface area contributed by atoms with Gasteiger partial charge in [-0.25, -0.2) is 0 Å². The number of aryl methyl sites for hydroxylation is 3. The number of carboxylic acid groups (broad SMARTS) is 1. The van der Waals surface area contributed by atoms with Crippen LogP contribution in [0.2, 0.25) is 0 Å². The van der Waals surface area contributed by atoms with E-state index >= 15 is 0 Å². The molecule has 0 fully saturated rings. The lowest BCUT2D eigenvalue weighted by molar-refractivity contribution is -0.138. The zero-order valence-corrected chi connectivity index (χ0v) is 14.2. The highest BCUT2D eigenvalue weighted by molar-refractivity contribution is 5.78. The lowest BCUT2D eigenvalue weighted by Crippen LogP contribution is -2.17. The first-order chi connectivity index (χ1) is 10.9. The van der Waals surface area contributed by atoms with Gasteiger partial charge >= 0.3 is 5.97 Å². The molecule has 23 heavy (non-hydrogen) atoms. The highest BCUT2D eigenvalue weighted by atomic mass is 16.5. The van der Waals surface area contributed by atoms with Crippen LogP contribution in [0.4, 0.5) is 0 Å². The lowest BCUT2D eigenvalue weighted by atomic mass is 9.85. The van der Waals surface area contributed by atoms with Crippen LogP contribution in [0.5, 0.6) is 5.75 Å². The van der Waals surface area contributed by atoms with E-state index in [1.165, 1.54) is 0 Å². The third-order valence-electron chi connectivity index (χ3n) is 4.06. The van der Waals surface area contributed by atoms with Crippen molar-refractivity contribution in [3.05, 3.63) is 64.2 Å². The monoisotopic (exact) mass is 312 g/mol. The van der Waals surface area contributed by atoms with Crippen molar-refractivity contribution in [3.8, 4) is 5.75 Å². The molecular formula is C20H24O3. The maximum atomic E-state index is 11.8. The van der Waals surface area contributed by atoms with Crippen molar-refractivity contribution < 1.29 is 14.6 Å². The number of aliphatic carboxylic acids is 1. The van der Waals surface area contributed by atoms with Crippen LogP contribution in [0, 0.1) is 20.8 Å². The fourth-order valence-electron chi connectivity index (χ4n) is 3.18. The van der Waals surface area contributed by atoms with Gasteiger partial charge in [0, 0.05) is 0 Å². The van der Waals surface area contributed by atoms with Crippen LogP contribution in [0.15, 0.2) is 36.4 Å². The fourth-order valence-corrected chi connectivity index (χ4v) is 3.18. The molecule has 1 atom stereocenters. The average molecular weight is 312 g/mol. The van der Waals surface area contributed by atoms with Crippen molar-refractivity contribution in [3.63, 3.8) is 0 Å². The van der Waals surface area contributed by atoms with E-state index in [9.17, 15) is 9.90 Å². The first-order valence-corrected chi connectivity index (χ1v) is 7.94. The van der Waals surface area contributed by atoms with Crippen LogP contribution in [-0.4, -0.2) is 17.7 Å². The van der Waals surface area contributed by atoms with E-state index in [4.69, 9.17) is 4.74 Å². The van der Waals surface area contributed by atoms with Gasteiger partial charge in [0.1, 0.15) is 5.75 Å². The Hall–Kier alpha value is -2.29. The summed E-state index contributed by atoms with van der Waals surface area (Å²) in [4.78, 5) is 11.8. The molecule has 2 aromatic rings. The van der Waals surface area contributed by atoms with Gasteiger partial charge in [-0.1, -0.05) is 29.8 Å². The van der Waals surface area contributed by atoms with Crippen LogP contribution >= 0.6 is 0 Å². The molecule has 0 amide bonds. The summed E-state index contributed by atoms with van der Waals surface area (Å²) in [5, 5.41) is 9.72. The Labute approximate surface area is 137 Å². The highest BCUT2D eigenvalue weighted by Gasteiger charge is 2.24. The van der Waals surface area contributed by atoms with Crippen molar-refractivity contribution in [1.29, 1.82) is 0 Å². The molecule has 1 unspecified atom stereocenters. The minimum atomic E-state index is -0.783. The first-order valence-electron chi connectivity index (χ1n) is 7.94. The molecule has 0 spiro atoms. The van der Waals surface area contributed by atoms with E-state index in [2.05, 4.69) is 12.1 Å². The molecule has 0 aromatic heterocycles. The summed E-state index contributed by atoms with van der Waals surface area (Å²) in [7, 11) is 0. The second kappa shape index (κ2) is 7.32. The van der Waals surface area contributed by atoms with Gasteiger partial charge in [0.25, 0.3) is 0 Å². The van der Waals surface area contributed by atoms with Gasteiger partial charge < -0.3 is 9.84 Å². The van der Waals surface area contributed by atoms with E-state index in [1.807, 2.05) is 52.0 Å². The van der Waals surface area contributed by atoms with Crippen molar-refractivity contribution in [1.82, 2.24) is 0 Å². The van der Waals surface area contributed by atoms with Gasteiger partial charge in [-0.3, -0.25) is 4.79 Å².